The zero-order valence-electron chi connectivity index (χ0n) is 15.3. The number of amides is 1. The van der Waals surface area contributed by atoms with E-state index in [2.05, 4.69) is 4.99 Å². The molecule has 0 saturated carbocycles. The first-order valence-electron chi connectivity index (χ1n) is 8.43. The number of benzene rings is 1. The summed E-state index contributed by atoms with van der Waals surface area (Å²) in [6.07, 6.45) is 1.67. The molecule has 0 aromatic heterocycles. The highest BCUT2D eigenvalue weighted by Crippen LogP contribution is 2.40. The summed E-state index contributed by atoms with van der Waals surface area (Å²) in [4.78, 5) is 38.8. The normalized spacial score (nSPS) is 16.5. The van der Waals surface area contributed by atoms with Crippen molar-refractivity contribution in [2.24, 2.45) is 4.99 Å². The van der Waals surface area contributed by atoms with Gasteiger partial charge < -0.3 is 19.7 Å². The van der Waals surface area contributed by atoms with Crippen molar-refractivity contribution in [3.63, 3.8) is 0 Å². The monoisotopic (exact) mass is 405 g/mol. The van der Waals surface area contributed by atoms with Crippen LogP contribution in [0.2, 0.25) is 0 Å². The third kappa shape index (κ3) is 5.23. The van der Waals surface area contributed by atoms with Crippen LogP contribution in [0.3, 0.4) is 0 Å². The van der Waals surface area contributed by atoms with Crippen molar-refractivity contribution in [3.05, 3.63) is 46.1 Å². The van der Waals surface area contributed by atoms with Crippen LogP contribution in [0.4, 0.5) is 0 Å². The summed E-state index contributed by atoms with van der Waals surface area (Å²) in [7, 11) is 0. The van der Waals surface area contributed by atoms with Crippen LogP contribution in [-0.4, -0.2) is 46.3 Å². The number of carbonyl (C=O) groups is 3. The molecular weight excluding hydrogens is 386 g/mol. The molecule has 1 amide bonds. The number of para-hydroxylation sites is 1. The number of hydrogen-bond donors (Lipinski definition) is 2. The average molecular weight is 405 g/mol. The Morgan fingerprint density at radius 2 is 1.93 bits per heavy atom. The molecule has 148 valence electrons. The molecule has 8 nitrogen and oxygen atoms in total. The number of carboxylic acid groups (broad SMARTS) is 1. The number of hydrogen-bond acceptors (Lipinski definition) is 7. The number of nitrogens with zero attached hydrogens (tertiary/aromatic N) is 1. The number of thioether (sulfide) groups is 1. The SMILES string of the molecule is CCOC(=O)C1=C(O)/C(=C/c2ccccc2OCC(=O)O)SC1=NC(=O)CC. The van der Waals surface area contributed by atoms with E-state index in [1.54, 1.807) is 38.1 Å². The first kappa shape index (κ1) is 21.2. The smallest absolute Gasteiger partial charge is 0.344 e. The van der Waals surface area contributed by atoms with Crippen molar-refractivity contribution in [3.8, 4) is 5.75 Å². The Bertz CT molecular complexity index is 886. The highest BCUT2D eigenvalue weighted by atomic mass is 32.2. The Morgan fingerprint density at radius 1 is 1.21 bits per heavy atom. The Morgan fingerprint density at radius 3 is 2.57 bits per heavy atom. The van der Waals surface area contributed by atoms with Crippen LogP contribution in [-0.2, 0) is 19.1 Å². The fraction of sp³-hybridized carbons (Fsp3) is 0.263. The van der Waals surface area contributed by atoms with E-state index < -0.39 is 24.5 Å². The van der Waals surface area contributed by atoms with E-state index in [1.807, 2.05) is 0 Å². The van der Waals surface area contributed by atoms with Crippen molar-refractivity contribution in [2.75, 3.05) is 13.2 Å². The van der Waals surface area contributed by atoms with Crippen LogP contribution < -0.4 is 4.74 Å². The Kier molecular flexibility index (Phi) is 7.39. The van der Waals surface area contributed by atoms with Gasteiger partial charge in [0.15, 0.2) is 6.61 Å². The van der Waals surface area contributed by atoms with Gasteiger partial charge in [-0.05, 0) is 19.1 Å². The van der Waals surface area contributed by atoms with Gasteiger partial charge in [0.05, 0.1) is 11.5 Å². The summed E-state index contributed by atoms with van der Waals surface area (Å²) in [5, 5.41) is 19.4. The molecule has 28 heavy (non-hydrogen) atoms. The fourth-order valence-electron chi connectivity index (χ4n) is 2.20. The average Bonchev–Trinajstić information content (AvgIpc) is 2.96. The van der Waals surface area contributed by atoms with Crippen LogP contribution in [0.5, 0.6) is 5.75 Å². The van der Waals surface area contributed by atoms with Gasteiger partial charge in [0.25, 0.3) is 0 Å². The molecule has 0 spiro atoms. The molecule has 9 heteroatoms. The number of carbonyl (C=O) groups excluding carboxylic acids is 2. The van der Waals surface area contributed by atoms with E-state index in [0.717, 1.165) is 11.8 Å². The number of aliphatic hydroxyl groups excluding tert-OH is 1. The van der Waals surface area contributed by atoms with Crippen LogP contribution >= 0.6 is 11.8 Å². The Labute approximate surface area is 165 Å². The minimum atomic E-state index is -1.13. The Balaban J connectivity index is 2.46. The molecule has 2 N–H and O–H groups in total. The van der Waals surface area contributed by atoms with Crippen molar-refractivity contribution in [2.45, 2.75) is 20.3 Å². The first-order valence-corrected chi connectivity index (χ1v) is 9.24. The van der Waals surface area contributed by atoms with Gasteiger partial charge in [-0.15, -0.1) is 0 Å². The van der Waals surface area contributed by atoms with E-state index in [0.29, 0.717) is 11.3 Å². The molecule has 1 aromatic carbocycles. The number of aliphatic carboxylic acids is 1. The molecule has 0 bridgehead atoms. The molecule has 1 aliphatic rings. The van der Waals surface area contributed by atoms with Crippen LogP contribution in [0.15, 0.2) is 45.5 Å². The maximum atomic E-state index is 12.2. The number of rotatable bonds is 7. The topological polar surface area (TPSA) is 122 Å². The highest BCUT2D eigenvalue weighted by molar-refractivity contribution is 8.18. The minimum absolute atomic E-state index is 0.0537. The van der Waals surface area contributed by atoms with E-state index >= 15 is 0 Å². The van der Waals surface area contributed by atoms with Gasteiger partial charge in [-0.3, -0.25) is 4.79 Å². The Hall–Kier alpha value is -3.07. The van der Waals surface area contributed by atoms with Crippen molar-refractivity contribution >= 4 is 40.7 Å². The van der Waals surface area contributed by atoms with Gasteiger partial charge in [-0.25, -0.2) is 14.6 Å². The zero-order valence-corrected chi connectivity index (χ0v) is 16.1. The second kappa shape index (κ2) is 9.75. The van der Waals surface area contributed by atoms with E-state index in [9.17, 15) is 19.5 Å². The maximum Gasteiger partial charge on any atom is 0.344 e. The maximum absolute atomic E-state index is 12.2. The highest BCUT2D eigenvalue weighted by Gasteiger charge is 2.33. The van der Waals surface area contributed by atoms with E-state index in [1.165, 1.54) is 6.08 Å². The second-order valence-electron chi connectivity index (χ2n) is 5.44. The van der Waals surface area contributed by atoms with Crippen molar-refractivity contribution < 1.29 is 34.1 Å². The standard InChI is InChI=1S/C19H19NO7S/c1-3-14(21)20-18-16(19(25)26-4-2)17(24)13(28-18)9-11-7-5-6-8-12(11)27-10-15(22)23/h5-9,24H,3-4,10H2,1-2H3,(H,22,23)/b13-9-,20-18?. The third-order valence-corrected chi connectivity index (χ3v) is 4.48. The van der Waals surface area contributed by atoms with Gasteiger partial charge >= 0.3 is 11.9 Å². The van der Waals surface area contributed by atoms with Gasteiger partial charge in [0, 0.05) is 12.0 Å². The van der Waals surface area contributed by atoms with Gasteiger partial charge in [-0.1, -0.05) is 36.9 Å². The summed E-state index contributed by atoms with van der Waals surface area (Å²) in [5.41, 5.74) is 0.313. The van der Waals surface area contributed by atoms with Crippen molar-refractivity contribution in [1.82, 2.24) is 0 Å². The lowest BCUT2D eigenvalue weighted by atomic mass is 10.1. The van der Waals surface area contributed by atoms with Gasteiger partial charge in [-0.2, -0.15) is 0 Å². The number of carboxylic acids is 1. The number of esters is 1. The lowest BCUT2D eigenvalue weighted by Crippen LogP contribution is -2.14. The van der Waals surface area contributed by atoms with Crippen molar-refractivity contribution in [1.29, 1.82) is 0 Å². The van der Waals surface area contributed by atoms with E-state index in [4.69, 9.17) is 14.6 Å². The van der Waals surface area contributed by atoms with E-state index in [-0.39, 0.29) is 34.3 Å². The summed E-state index contributed by atoms with van der Waals surface area (Å²) in [6.45, 7) is 2.83. The molecule has 1 aliphatic heterocycles. The predicted molar refractivity (Wildman–Crippen MR) is 104 cm³/mol. The molecule has 0 unspecified atom stereocenters. The quantitative estimate of drug-likeness (QED) is 0.664. The predicted octanol–water partition coefficient (Wildman–Crippen LogP) is 2.95. The number of aliphatic hydroxyl groups is 1. The molecule has 0 radical (unpaired) electrons. The molecule has 0 atom stereocenters. The largest absolute Gasteiger partial charge is 0.506 e. The molecule has 1 heterocycles. The minimum Gasteiger partial charge on any atom is -0.506 e. The number of ether oxygens (including phenoxy) is 2. The molecule has 0 saturated heterocycles. The lowest BCUT2D eigenvalue weighted by Gasteiger charge is -2.07. The molecule has 1 aromatic rings. The fourth-order valence-corrected chi connectivity index (χ4v) is 3.22. The third-order valence-electron chi connectivity index (χ3n) is 3.46. The first-order chi connectivity index (χ1) is 13.4. The summed E-state index contributed by atoms with van der Waals surface area (Å²) >= 11 is 0.946. The summed E-state index contributed by atoms with van der Waals surface area (Å²) in [6, 6.07) is 6.63. The molecule has 0 aliphatic carbocycles. The summed E-state index contributed by atoms with van der Waals surface area (Å²) in [5.74, 6) is -2.42. The van der Waals surface area contributed by atoms with Crippen LogP contribution in [0.1, 0.15) is 25.8 Å². The van der Waals surface area contributed by atoms with Crippen LogP contribution in [0, 0.1) is 0 Å². The van der Waals surface area contributed by atoms with Gasteiger partial charge in [0.2, 0.25) is 5.91 Å². The van der Waals surface area contributed by atoms with Gasteiger partial charge in [0.1, 0.15) is 22.1 Å². The zero-order chi connectivity index (χ0) is 20.7. The number of aliphatic imine (C=N–C) groups is 1. The summed E-state index contributed by atoms with van der Waals surface area (Å²) < 4.78 is 10.2. The van der Waals surface area contributed by atoms with Crippen LogP contribution in [0.25, 0.3) is 6.08 Å². The second-order valence-corrected chi connectivity index (χ2v) is 6.47. The molecular formula is C19H19NO7S. The molecule has 2 rings (SSSR count). The molecule has 0 fully saturated rings. The lowest BCUT2D eigenvalue weighted by molar-refractivity contribution is -0.139.